The second-order valence-electron chi connectivity index (χ2n) is 1.64. The monoisotopic (exact) mass is 210 g/mol. The van der Waals surface area contributed by atoms with E-state index in [2.05, 4.69) is 17.9 Å². The predicted octanol–water partition coefficient (Wildman–Crippen LogP) is 3.06. The lowest BCUT2D eigenvalue weighted by molar-refractivity contribution is -0.142. The molecule has 0 saturated carbocycles. The smallest absolute Gasteiger partial charge is 0.309 e. The Bertz CT molecular complexity index is 151. The molecule has 0 atom stereocenters. The number of hydrogen-bond acceptors (Lipinski definition) is 2. The summed E-state index contributed by atoms with van der Waals surface area (Å²) >= 11 is 9.69. The van der Waals surface area contributed by atoms with Crippen molar-refractivity contribution >= 4 is 29.2 Å². The minimum Gasteiger partial charge on any atom is -0.466 e. The highest BCUT2D eigenvalue weighted by atomic mass is 35.5. The van der Waals surface area contributed by atoms with Gasteiger partial charge in [0.15, 0.2) is 0 Å². The normalized spacial score (nSPS) is 7.58. The topological polar surface area (TPSA) is 26.3 Å². The first kappa shape index (κ1) is 14.1. The molecule has 70 valence electrons. The van der Waals surface area contributed by atoms with Crippen LogP contribution in [0.15, 0.2) is 23.7 Å². The predicted molar refractivity (Wildman–Crippen MR) is 52.3 cm³/mol. The molecule has 0 aliphatic rings. The second kappa shape index (κ2) is 10.5. The van der Waals surface area contributed by atoms with Crippen molar-refractivity contribution in [2.24, 2.45) is 0 Å². The van der Waals surface area contributed by atoms with Crippen LogP contribution in [0, 0.1) is 0 Å². The van der Waals surface area contributed by atoms with Crippen LogP contribution in [0.3, 0.4) is 0 Å². The average Bonchev–Trinajstić information content (AvgIpc) is 1.87. The first-order valence-corrected chi connectivity index (χ1v) is 4.06. The fourth-order valence-corrected chi connectivity index (χ4v) is 0.338. The Morgan fingerprint density at radius 2 is 2.00 bits per heavy atom. The van der Waals surface area contributed by atoms with Gasteiger partial charge in [0.05, 0.1) is 17.5 Å². The number of halogens is 2. The van der Waals surface area contributed by atoms with Crippen molar-refractivity contribution in [3.63, 3.8) is 0 Å². The minimum absolute atomic E-state index is 0.111. The zero-order valence-electron chi connectivity index (χ0n) is 6.98. The maximum absolute atomic E-state index is 10.3. The molecule has 0 rings (SSSR count). The highest BCUT2D eigenvalue weighted by Gasteiger charge is 1.93. The number of ether oxygens (including phenoxy) is 1. The molecule has 0 aromatic carbocycles. The maximum Gasteiger partial charge on any atom is 0.309 e. The molecule has 0 saturated heterocycles. The third-order valence-corrected chi connectivity index (χ3v) is 0.616. The van der Waals surface area contributed by atoms with Crippen LogP contribution in [-0.2, 0) is 9.53 Å². The highest BCUT2D eigenvalue weighted by Crippen LogP contribution is 1.98. The van der Waals surface area contributed by atoms with Gasteiger partial charge in [0, 0.05) is 0 Å². The molecule has 4 heteroatoms. The van der Waals surface area contributed by atoms with Gasteiger partial charge in [0.2, 0.25) is 0 Å². The van der Waals surface area contributed by atoms with Crippen LogP contribution >= 0.6 is 23.2 Å². The molecule has 0 radical (unpaired) electrons. The van der Waals surface area contributed by atoms with E-state index in [0.29, 0.717) is 13.0 Å². The summed E-state index contributed by atoms with van der Waals surface area (Å²) in [6.07, 6.45) is 1.84. The Labute approximate surface area is 82.8 Å². The van der Waals surface area contributed by atoms with E-state index < -0.39 is 0 Å². The van der Waals surface area contributed by atoms with Crippen LogP contribution in [0.5, 0.6) is 0 Å². The lowest BCUT2D eigenvalue weighted by Gasteiger charge is -1.94. The molecule has 0 spiro atoms. The summed E-state index contributed by atoms with van der Waals surface area (Å²) in [5.74, 6) is -0.206. The van der Waals surface area contributed by atoms with Crippen molar-refractivity contribution in [3.05, 3.63) is 23.7 Å². The fraction of sp³-hybridized carbons (Fsp3) is 0.375. The van der Waals surface area contributed by atoms with Crippen molar-refractivity contribution < 1.29 is 9.53 Å². The first-order valence-electron chi connectivity index (χ1n) is 3.31. The van der Waals surface area contributed by atoms with Gasteiger partial charge < -0.3 is 4.74 Å². The number of hydrogen-bond donors (Lipinski definition) is 0. The first-order chi connectivity index (χ1) is 5.54. The molecule has 0 aliphatic carbocycles. The van der Waals surface area contributed by atoms with Gasteiger partial charge in [-0.3, -0.25) is 4.79 Å². The zero-order valence-corrected chi connectivity index (χ0v) is 8.49. The van der Waals surface area contributed by atoms with Crippen molar-refractivity contribution in [3.8, 4) is 0 Å². The number of esters is 1. The highest BCUT2D eigenvalue weighted by molar-refractivity contribution is 6.55. The van der Waals surface area contributed by atoms with Gasteiger partial charge in [0.25, 0.3) is 0 Å². The zero-order chi connectivity index (χ0) is 9.98. The van der Waals surface area contributed by atoms with Gasteiger partial charge in [0.1, 0.15) is 0 Å². The molecular formula is C8H12Cl2O2. The van der Waals surface area contributed by atoms with Crippen LogP contribution in [-0.4, -0.2) is 12.6 Å². The summed E-state index contributed by atoms with van der Waals surface area (Å²) in [4.78, 5) is 10.3. The fourth-order valence-electron chi connectivity index (χ4n) is 0.338. The molecule has 0 heterocycles. The molecule has 0 fully saturated rings. The molecule has 0 unspecified atom stereocenters. The molecule has 0 aromatic rings. The molecule has 12 heavy (non-hydrogen) atoms. The van der Waals surface area contributed by atoms with Crippen LogP contribution < -0.4 is 0 Å². The third-order valence-electron chi connectivity index (χ3n) is 0.616. The summed E-state index contributed by atoms with van der Waals surface area (Å²) in [6.45, 7) is 8.70. The van der Waals surface area contributed by atoms with Gasteiger partial charge in [-0.2, -0.15) is 0 Å². The Hall–Kier alpha value is -0.470. The van der Waals surface area contributed by atoms with Gasteiger partial charge in [-0.1, -0.05) is 35.9 Å². The molecule has 0 bridgehead atoms. The largest absolute Gasteiger partial charge is 0.466 e. The molecule has 0 N–H and O–H groups in total. The summed E-state index contributed by atoms with van der Waals surface area (Å²) in [5, 5.41) is 0. The molecule has 2 nitrogen and oxygen atoms in total. The molecule has 0 aliphatic heterocycles. The lowest BCUT2D eigenvalue weighted by Crippen LogP contribution is -2.00. The van der Waals surface area contributed by atoms with Crippen LogP contribution in [0.25, 0.3) is 0 Å². The van der Waals surface area contributed by atoms with Gasteiger partial charge >= 0.3 is 5.97 Å². The quantitative estimate of drug-likeness (QED) is 0.529. The van der Waals surface area contributed by atoms with E-state index in [1.54, 1.807) is 6.92 Å². The summed E-state index contributed by atoms with van der Waals surface area (Å²) in [6, 6.07) is 0. The molecule has 0 amide bonds. The average molecular weight is 211 g/mol. The third kappa shape index (κ3) is 22.7. The van der Waals surface area contributed by atoms with E-state index in [1.807, 2.05) is 0 Å². The van der Waals surface area contributed by atoms with E-state index in [-0.39, 0.29) is 10.5 Å². The van der Waals surface area contributed by atoms with Gasteiger partial charge in [-0.25, -0.2) is 0 Å². The van der Waals surface area contributed by atoms with E-state index in [4.69, 9.17) is 23.2 Å². The maximum atomic E-state index is 10.3. The van der Waals surface area contributed by atoms with Gasteiger partial charge in [-0.15, -0.1) is 6.58 Å². The molecular weight excluding hydrogens is 199 g/mol. The van der Waals surface area contributed by atoms with E-state index in [1.165, 1.54) is 6.08 Å². The summed E-state index contributed by atoms with van der Waals surface area (Å²) < 4.78 is 4.68. The van der Waals surface area contributed by atoms with Crippen molar-refractivity contribution in [1.29, 1.82) is 0 Å². The SMILES string of the molecule is C=C(Cl)Cl.C=CCC(=O)OCC. The Balaban J connectivity index is 0. The van der Waals surface area contributed by atoms with Crippen LogP contribution in [0.4, 0.5) is 0 Å². The standard InChI is InChI=1S/C6H10O2.C2H2Cl2/c1-3-5-6(7)8-4-2;1-2(3)4/h3H,1,4-5H2,2H3;1H2. The number of rotatable bonds is 3. The van der Waals surface area contributed by atoms with Crippen molar-refractivity contribution in [2.75, 3.05) is 6.61 Å². The Morgan fingerprint density at radius 1 is 1.58 bits per heavy atom. The van der Waals surface area contributed by atoms with Gasteiger partial charge in [-0.05, 0) is 6.92 Å². The van der Waals surface area contributed by atoms with Crippen LogP contribution in [0.1, 0.15) is 13.3 Å². The minimum atomic E-state index is -0.206. The number of carbonyl (C=O) groups is 1. The summed E-state index contributed by atoms with van der Waals surface area (Å²) in [5.41, 5.74) is 0. The lowest BCUT2D eigenvalue weighted by atomic mass is 10.4. The van der Waals surface area contributed by atoms with E-state index in [0.717, 1.165) is 0 Å². The van der Waals surface area contributed by atoms with Crippen LogP contribution in [0.2, 0.25) is 0 Å². The Kier molecular flexibility index (Phi) is 12.4. The summed E-state index contributed by atoms with van der Waals surface area (Å²) in [7, 11) is 0. The second-order valence-corrected chi connectivity index (χ2v) is 2.74. The van der Waals surface area contributed by atoms with E-state index in [9.17, 15) is 4.79 Å². The number of carbonyl (C=O) groups excluding carboxylic acids is 1. The van der Waals surface area contributed by atoms with Crippen molar-refractivity contribution in [1.82, 2.24) is 0 Å². The van der Waals surface area contributed by atoms with E-state index >= 15 is 0 Å². The van der Waals surface area contributed by atoms with Crippen molar-refractivity contribution in [2.45, 2.75) is 13.3 Å². The Morgan fingerprint density at radius 3 is 2.25 bits per heavy atom. The molecule has 0 aromatic heterocycles.